The van der Waals surface area contributed by atoms with Crippen molar-refractivity contribution in [1.82, 2.24) is 4.90 Å². The summed E-state index contributed by atoms with van der Waals surface area (Å²) in [5.41, 5.74) is 3.05. The molecule has 98 valence electrons. The Morgan fingerprint density at radius 3 is 2.83 bits per heavy atom. The first kappa shape index (κ1) is 12.9. The van der Waals surface area contributed by atoms with Crippen LogP contribution in [0.2, 0.25) is 0 Å². The van der Waals surface area contributed by atoms with Gasteiger partial charge in [-0.05, 0) is 33.0 Å². The minimum absolute atomic E-state index is 0.804. The second-order valence-electron chi connectivity index (χ2n) is 4.96. The zero-order valence-electron chi connectivity index (χ0n) is 11.1. The molecule has 0 fully saturated rings. The summed E-state index contributed by atoms with van der Waals surface area (Å²) in [5, 5.41) is 12.6. The minimum atomic E-state index is 0.804. The van der Waals surface area contributed by atoms with Crippen molar-refractivity contribution in [3.05, 3.63) is 29.8 Å². The van der Waals surface area contributed by atoms with E-state index in [9.17, 15) is 0 Å². The Hall–Kier alpha value is -1.55. The Kier molecular flexibility index (Phi) is 4.20. The Balaban J connectivity index is 2.27. The number of nitrogens with zero attached hydrogens (tertiary/aromatic N) is 3. The molecule has 0 saturated carbocycles. The molecule has 0 amide bonds. The first-order chi connectivity index (χ1) is 8.72. The lowest BCUT2D eigenvalue weighted by Gasteiger charge is -2.26. The van der Waals surface area contributed by atoms with Crippen LogP contribution in [0.5, 0.6) is 0 Å². The summed E-state index contributed by atoms with van der Waals surface area (Å²) >= 11 is 0. The first-order valence-electron chi connectivity index (χ1n) is 6.42. The van der Waals surface area contributed by atoms with Gasteiger partial charge >= 0.3 is 0 Å². The second kappa shape index (κ2) is 5.87. The maximum absolute atomic E-state index is 9.13. The maximum atomic E-state index is 9.13. The third kappa shape index (κ3) is 2.82. The van der Waals surface area contributed by atoms with Crippen LogP contribution in [0, 0.1) is 0 Å². The lowest BCUT2D eigenvalue weighted by atomic mass is 10.1. The maximum Gasteiger partial charge on any atom is 0.0889 e. The molecular weight excluding hydrogens is 226 g/mol. The largest absolute Gasteiger partial charge is 0.411 e. The van der Waals surface area contributed by atoms with E-state index in [1.165, 1.54) is 5.69 Å². The van der Waals surface area contributed by atoms with Gasteiger partial charge < -0.3 is 15.0 Å². The number of hydrogen-bond donors (Lipinski definition) is 1. The highest BCUT2D eigenvalue weighted by atomic mass is 16.4. The lowest BCUT2D eigenvalue weighted by molar-refractivity contribution is 0.318. The number of likely N-dealkylation sites (N-methyl/N-ethyl adjacent to an activating group) is 1. The number of oxime groups is 1. The van der Waals surface area contributed by atoms with E-state index in [0.29, 0.717) is 0 Å². The van der Waals surface area contributed by atoms with Crippen LogP contribution in [0.1, 0.15) is 18.4 Å². The molecule has 4 nitrogen and oxygen atoms in total. The van der Waals surface area contributed by atoms with Crippen LogP contribution in [-0.4, -0.2) is 49.5 Å². The molecule has 1 N–H and O–H groups in total. The van der Waals surface area contributed by atoms with E-state index in [-0.39, 0.29) is 0 Å². The Bertz CT molecular complexity index is 429. The third-order valence-corrected chi connectivity index (χ3v) is 3.34. The Morgan fingerprint density at radius 1 is 1.33 bits per heavy atom. The standard InChI is InChI=1S/C14H21N3O/c1-16(2)10-11-17-9-5-7-13(15-18)12-6-3-4-8-14(12)17/h3-4,6,8,18H,5,7,9-11H2,1-2H3/b15-13-. The van der Waals surface area contributed by atoms with Crippen molar-refractivity contribution in [3.63, 3.8) is 0 Å². The SMILES string of the molecule is CN(C)CCN1CCC/C(=N/O)c2ccccc21. The van der Waals surface area contributed by atoms with E-state index in [1.54, 1.807) is 0 Å². The van der Waals surface area contributed by atoms with Gasteiger partial charge in [-0.15, -0.1) is 0 Å². The van der Waals surface area contributed by atoms with Gasteiger partial charge in [0, 0.05) is 30.9 Å². The number of rotatable bonds is 3. The molecule has 0 atom stereocenters. The normalized spacial score (nSPS) is 17.9. The summed E-state index contributed by atoms with van der Waals surface area (Å²) in [6.07, 6.45) is 1.87. The van der Waals surface area contributed by atoms with Crippen molar-refractivity contribution >= 4 is 11.4 Å². The van der Waals surface area contributed by atoms with Gasteiger partial charge in [-0.2, -0.15) is 0 Å². The van der Waals surface area contributed by atoms with E-state index < -0.39 is 0 Å². The lowest BCUT2D eigenvalue weighted by Crippen LogP contribution is -2.32. The van der Waals surface area contributed by atoms with Gasteiger partial charge in [-0.25, -0.2) is 0 Å². The topological polar surface area (TPSA) is 39.1 Å². The van der Waals surface area contributed by atoms with Gasteiger partial charge in [0.15, 0.2) is 0 Å². The highest BCUT2D eigenvalue weighted by molar-refractivity contribution is 6.05. The fourth-order valence-corrected chi connectivity index (χ4v) is 2.34. The van der Waals surface area contributed by atoms with Crippen LogP contribution in [0.3, 0.4) is 0 Å². The number of para-hydroxylation sites is 1. The molecule has 0 bridgehead atoms. The fourth-order valence-electron chi connectivity index (χ4n) is 2.34. The molecule has 0 aliphatic carbocycles. The van der Waals surface area contributed by atoms with Crippen molar-refractivity contribution in [2.24, 2.45) is 5.16 Å². The van der Waals surface area contributed by atoms with Crippen molar-refractivity contribution in [2.75, 3.05) is 38.6 Å². The predicted molar refractivity (Wildman–Crippen MR) is 74.8 cm³/mol. The van der Waals surface area contributed by atoms with Gasteiger partial charge in [-0.3, -0.25) is 0 Å². The van der Waals surface area contributed by atoms with Crippen LogP contribution in [0.25, 0.3) is 0 Å². The molecular formula is C14H21N3O. The molecule has 1 aromatic rings. The summed E-state index contributed by atoms with van der Waals surface area (Å²) in [5.74, 6) is 0. The summed E-state index contributed by atoms with van der Waals surface area (Å²) < 4.78 is 0. The molecule has 2 rings (SSSR count). The molecule has 1 aliphatic heterocycles. The molecule has 18 heavy (non-hydrogen) atoms. The van der Waals surface area contributed by atoms with Crippen LogP contribution in [0.4, 0.5) is 5.69 Å². The predicted octanol–water partition coefficient (Wildman–Crippen LogP) is 2.03. The smallest absolute Gasteiger partial charge is 0.0889 e. The zero-order valence-corrected chi connectivity index (χ0v) is 11.1. The van der Waals surface area contributed by atoms with Crippen LogP contribution in [0.15, 0.2) is 29.4 Å². The molecule has 0 spiro atoms. The number of anilines is 1. The van der Waals surface area contributed by atoms with E-state index >= 15 is 0 Å². The zero-order chi connectivity index (χ0) is 13.0. The molecule has 1 heterocycles. The van der Waals surface area contributed by atoms with Gasteiger partial charge in [0.1, 0.15) is 0 Å². The first-order valence-corrected chi connectivity index (χ1v) is 6.42. The van der Waals surface area contributed by atoms with Crippen LogP contribution < -0.4 is 4.90 Å². The van der Waals surface area contributed by atoms with Crippen LogP contribution >= 0.6 is 0 Å². The monoisotopic (exact) mass is 247 g/mol. The number of fused-ring (bicyclic) bond motifs is 1. The minimum Gasteiger partial charge on any atom is -0.411 e. The van der Waals surface area contributed by atoms with Gasteiger partial charge in [0.05, 0.1) is 5.71 Å². The second-order valence-corrected chi connectivity index (χ2v) is 4.96. The van der Waals surface area contributed by atoms with Crippen molar-refractivity contribution in [3.8, 4) is 0 Å². The molecule has 0 aromatic heterocycles. The number of benzene rings is 1. The quantitative estimate of drug-likeness (QED) is 0.656. The van der Waals surface area contributed by atoms with Crippen LogP contribution in [-0.2, 0) is 0 Å². The highest BCUT2D eigenvalue weighted by Crippen LogP contribution is 2.26. The average molecular weight is 247 g/mol. The molecule has 0 unspecified atom stereocenters. The molecule has 0 saturated heterocycles. The highest BCUT2D eigenvalue weighted by Gasteiger charge is 2.19. The van der Waals surface area contributed by atoms with E-state index in [0.717, 1.165) is 43.8 Å². The summed E-state index contributed by atoms with van der Waals surface area (Å²) in [6, 6.07) is 8.20. The van der Waals surface area contributed by atoms with E-state index in [1.807, 2.05) is 18.2 Å². The Morgan fingerprint density at radius 2 is 2.11 bits per heavy atom. The summed E-state index contributed by atoms with van der Waals surface area (Å²) in [4.78, 5) is 4.57. The van der Waals surface area contributed by atoms with Gasteiger partial charge in [0.25, 0.3) is 0 Å². The van der Waals surface area contributed by atoms with E-state index in [4.69, 9.17) is 5.21 Å². The van der Waals surface area contributed by atoms with E-state index in [2.05, 4.69) is 35.1 Å². The summed E-state index contributed by atoms with van der Waals surface area (Å²) in [7, 11) is 4.18. The third-order valence-electron chi connectivity index (χ3n) is 3.34. The molecule has 1 aliphatic rings. The Labute approximate surface area is 109 Å². The average Bonchev–Trinajstić information content (AvgIpc) is 2.55. The van der Waals surface area contributed by atoms with Gasteiger partial charge in [0.2, 0.25) is 0 Å². The van der Waals surface area contributed by atoms with Crippen molar-refractivity contribution < 1.29 is 5.21 Å². The number of hydrogen-bond acceptors (Lipinski definition) is 4. The summed E-state index contributed by atoms with van der Waals surface area (Å²) in [6.45, 7) is 3.05. The molecule has 0 radical (unpaired) electrons. The molecule has 1 aromatic carbocycles. The van der Waals surface area contributed by atoms with Crippen molar-refractivity contribution in [2.45, 2.75) is 12.8 Å². The van der Waals surface area contributed by atoms with Gasteiger partial charge in [-0.1, -0.05) is 23.4 Å². The van der Waals surface area contributed by atoms with Crippen molar-refractivity contribution in [1.29, 1.82) is 0 Å². The fraction of sp³-hybridized carbons (Fsp3) is 0.500. The molecule has 4 heteroatoms.